The summed E-state index contributed by atoms with van der Waals surface area (Å²) in [6.45, 7) is 2.13. The summed E-state index contributed by atoms with van der Waals surface area (Å²) in [5, 5.41) is 5.84. The number of nitrogens with zero attached hydrogens (tertiary/aromatic N) is 1. The minimum Gasteiger partial charge on any atom is -0.458 e. The Balaban J connectivity index is 1.74. The number of esters is 1. The van der Waals surface area contributed by atoms with Crippen LogP contribution in [0.1, 0.15) is 44.1 Å². The topological polar surface area (TPSA) is 87.7 Å². The average molecular weight is 387 g/mol. The van der Waals surface area contributed by atoms with Gasteiger partial charge in [0, 0.05) is 11.4 Å². The first-order valence-electron chi connectivity index (χ1n) is 9.88. The molecule has 1 heterocycles. The van der Waals surface area contributed by atoms with E-state index in [4.69, 9.17) is 4.74 Å². The highest BCUT2D eigenvalue weighted by Gasteiger charge is 2.52. The van der Waals surface area contributed by atoms with Crippen molar-refractivity contribution in [2.75, 3.05) is 31.3 Å². The van der Waals surface area contributed by atoms with E-state index < -0.39 is 11.5 Å². The number of carbonyl (C=O) groups is 3. The Bertz CT molecular complexity index is 769. The molecule has 2 amide bonds. The number of nitrogens with one attached hydrogen (secondary N) is 2. The fourth-order valence-corrected chi connectivity index (χ4v) is 4.23. The van der Waals surface area contributed by atoms with E-state index >= 15 is 0 Å². The van der Waals surface area contributed by atoms with Crippen LogP contribution >= 0.6 is 0 Å². The lowest BCUT2D eigenvalue weighted by Gasteiger charge is -2.36. The highest BCUT2D eigenvalue weighted by molar-refractivity contribution is 5.99. The summed E-state index contributed by atoms with van der Waals surface area (Å²) >= 11 is 0. The zero-order valence-corrected chi connectivity index (χ0v) is 16.8. The second-order valence-electron chi connectivity index (χ2n) is 8.11. The quantitative estimate of drug-likeness (QED) is 0.759. The first-order chi connectivity index (χ1) is 13.3. The van der Waals surface area contributed by atoms with E-state index in [0.29, 0.717) is 11.4 Å². The molecule has 0 aromatic heterocycles. The summed E-state index contributed by atoms with van der Waals surface area (Å²) in [6.07, 6.45) is 4.69. The van der Waals surface area contributed by atoms with Crippen LogP contribution in [0.15, 0.2) is 18.2 Å². The second-order valence-corrected chi connectivity index (χ2v) is 8.11. The van der Waals surface area contributed by atoms with Crippen LogP contribution in [-0.4, -0.2) is 48.9 Å². The molecule has 152 valence electrons. The van der Waals surface area contributed by atoms with E-state index in [-0.39, 0.29) is 30.7 Å². The number of hydrogen-bond donors (Lipinski definition) is 2. The van der Waals surface area contributed by atoms with Gasteiger partial charge in [0.15, 0.2) is 0 Å². The molecule has 2 aliphatic rings. The van der Waals surface area contributed by atoms with Crippen LogP contribution in [-0.2, 0) is 19.1 Å². The molecular formula is C21H29N3O4. The van der Waals surface area contributed by atoms with Gasteiger partial charge in [0.1, 0.15) is 5.60 Å². The first-order valence-corrected chi connectivity index (χ1v) is 9.88. The van der Waals surface area contributed by atoms with E-state index in [2.05, 4.69) is 10.6 Å². The number of rotatable bonds is 5. The Morgan fingerprint density at radius 1 is 1.14 bits per heavy atom. The maximum absolute atomic E-state index is 13.0. The van der Waals surface area contributed by atoms with Crippen molar-refractivity contribution < 1.29 is 19.1 Å². The largest absolute Gasteiger partial charge is 0.458 e. The fourth-order valence-electron chi connectivity index (χ4n) is 4.23. The number of amides is 2. The summed E-state index contributed by atoms with van der Waals surface area (Å²) in [6, 6.07) is 5.41. The molecule has 0 bridgehead atoms. The van der Waals surface area contributed by atoms with Crippen molar-refractivity contribution in [2.24, 2.45) is 5.92 Å². The summed E-state index contributed by atoms with van der Waals surface area (Å²) in [7, 11) is 3.66. The van der Waals surface area contributed by atoms with Crippen molar-refractivity contribution in [1.29, 1.82) is 0 Å². The Kier molecular flexibility index (Phi) is 6.03. The minimum absolute atomic E-state index is 0.118. The third kappa shape index (κ3) is 4.35. The van der Waals surface area contributed by atoms with E-state index in [1.807, 2.05) is 27.1 Å². The van der Waals surface area contributed by atoms with Gasteiger partial charge >= 0.3 is 5.97 Å². The van der Waals surface area contributed by atoms with E-state index in [1.165, 1.54) is 0 Å². The molecule has 1 saturated heterocycles. The molecule has 3 rings (SSSR count). The molecule has 0 radical (unpaired) electrons. The number of likely N-dealkylation sites (N-methyl/N-ethyl adjacent to an activating group) is 1. The lowest BCUT2D eigenvalue weighted by Crippen LogP contribution is -2.43. The predicted octanol–water partition coefficient (Wildman–Crippen LogP) is 2.70. The van der Waals surface area contributed by atoms with Gasteiger partial charge in [0.25, 0.3) is 0 Å². The normalized spacial score (nSPS) is 20.9. The molecule has 1 aliphatic heterocycles. The minimum atomic E-state index is -0.648. The summed E-state index contributed by atoms with van der Waals surface area (Å²) in [5.41, 5.74) is 1.44. The molecular weight excluding hydrogens is 358 g/mol. The van der Waals surface area contributed by atoms with Crippen molar-refractivity contribution in [1.82, 2.24) is 4.90 Å². The van der Waals surface area contributed by atoms with Crippen molar-refractivity contribution in [2.45, 2.75) is 51.0 Å². The summed E-state index contributed by atoms with van der Waals surface area (Å²) < 4.78 is 5.64. The van der Waals surface area contributed by atoms with Crippen molar-refractivity contribution >= 4 is 29.2 Å². The van der Waals surface area contributed by atoms with E-state index in [1.54, 1.807) is 17.0 Å². The lowest BCUT2D eigenvalue weighted by atomic mass is 9.75. The van der Waals surface area contributed by atoms with Crippen LogP contribution in [0.25, 0.3) is 0 Å². The third-order valence-corrected chi connectivity index (χ3v) is 5.66. The molecule has 1 unspecified atom stereocenters. The monoisotopic (exact) mass is 387 g/mol. The number of hydrogen-bond acceptors (Lipinski definition) is 5. The number of anilines is 2. The molecule has 28 heavy (non-hydrogen) atoms. The van der Waals surface area contributed by atoms with E-state index in [9.17, 15) is 14.4 Å². The van der Waals surface area contributed by atoms with E-state index in [0.717, 1.165) is 37.7 Å². The van der Waals surface area contributed by atoms with Crippen molar-refractivity contribution in [3.8, 4) is 0 Å². The summed E-state index contributed by atoms with van der Waals surface area (Å²) in [4.78, 5) is 38.8. The first kappa shape index (κ1) is 20.3. The molecule has 7 nitrogen and oxygen atoms in total. The van der Waals surface area contributed by atoms with Gasteiger partial charge in [-0.3, -0.25) is 14.4 Å². The molecule has 1 saturated carbocycles. The Labute approximate surface area is 165 Å². The standard InChI is InChI=1S/C21H29N3O4/c1-14-16(22-18(25)13-24(2)3)8-7-9-17(14)23-20(27)15-12-19(26)28-21(15)10-5-4-6-11-21/h7-9,15H,4-6,10-13H2,1-3H3,(H,22,25)(H,23,27). The van der Waals surface area contributed by atoms with Crippen LogP contribution in [0.5, 0.6) is 0 Å². The molecule has 1 atom stereocenters. The summed E-state index contributed by atoms with van der Waals surface area (Å²) in [5.74, 6) is -1.06. The van der Waals surface area contributed by atoms with Gasteiger partial charge in [0.05, 0.1) is 18.9 Å². The van der Waals surface area contributed by atoms with Gasteiger partial charge in [0.2, 0.25) is 11.8 Å². The number of benzene rings is 1. The molecule has 1 aliphatic carbocycles. The molecule has 1 spiro atoms. The van der Waals surface area contributed by atoms with Crippen LogP contribution in [0.2, 0.25) is 0 Å². The van der Waals surface area contributed by atoms with Crippen LogP contribution in [0.4, 0.5) is 11.4 Å². The van der Waals surface area contributed by atoms with Crippen molar-refractivity contribution in [3.05, 3.63) is 23.8 Å². The number of carbonyl (C=O) groups excluding carboxylic acids is 3. The van der Waals surface area contributed by atoms with Gasteiger partial charge < -0.3 is 20.3 Å². The Hall–Kier alpha value is -2.41. The Morgan fingerprint density at radius 2 is 1.79 bits per heavy atom. The maximum atomic E-state index is 13.0. The highest BCUT2D eigenvalue weighted by Crippen LogP contribution is 2.44. The third-order valence-electron chi connectivity index (χ3n) is 5.66. The van der Waals surface area contributed by atoms with Crippen LogP contribution < -0.4 is 10.6 Å². The second kappa shape index (κ2) is 8.31. The highest BCUT2D eigenvalue weighted by atomic mass is 16.6. The van der Waals surface area contributed by atoms with Crippen molar-refractivity contribution in [3.63, 3.8) is 0 Å². The van der Waals surface area contributed by atoms with Gasteiger partial charge in [-0.15, -0.1) is 0 Å². The van der Waals surface area contributed by atoms with Crippen LogP contribution in [0, 0.1) is 12.8 Å². The Morgan fingerprint density at radius 3 is 2.43 bits per heavy atom. The molecule has 7 heteroatoms. The smallest absolute Gasteiger partial charge is 0.307 e. The van der Waals surface area contributed by atoms with Gasteiger partial charge in [-0.2, -0.15) is 0 Å². The predicted molar refractivity (Wildman–Crippen MR) is 107 cm³/mol. The lowest BCUT2D eigenvalue weighted by molar-refractivity contribution is -0.153. The van der Waals surface area contributed by atoms with Gasteiger partial charge in [-0.1, -0.05) is 12.5 Å². The fraction of sp³-hybridized carbons (Fsp3) is 0.571. The van der Waals surface area contributed by atoms with Gasteiger partial charge in [-0.25, -0.2) is 0 Å². The maximum Gasteiger partial charge on any atom is 0.307 e. The zero-order valence-electron chi connectivity index (χ0n) is 16.8. The zero-order chi connectivity index (χ0) is 20.3. The molecule has 1 aromatic rings. The number of ether oxygens (including phenoxy) is 1. The van der Waals surface area contributed by atoms with Crippen LogP contribution in [0.3, 0.4) is 0 Å². The molecule has 2 N–H and O–H groups in total. The van der Waals surface area contributed by atoms with Gasteiger partial charge in [-0.05, 0) is 64.4 Å². The molecule has 1 aromatic carbocycles. The SMILES string of the molecule is Cc1c(NC(=O)CN(C)C)cccc1NC(=O)C1CC(=O)OC12CCCCC2. The molecule has 2 fully saturated rings. The average Bonchev–Trinajstić information content (AvgIpc) is 2.94.